The van der Waals surface area contributed by atoms with Gasteiger partial charge in [0.25, 0.3) is 0 Å². The molecule has 2 nitrogen and oxygen atoms in total. The lowest BCUT2D eigenvalue weighted by molar-refractivity contribution is 0.229. The Balaban J connectivity index is 1.03. The van der Waals surface area contributed by atoms with Crippen LogP contribution in [0.1, 0.15) is 65.0 Å². The molecule has 1 heterocycles. The summed E-state index contributed by atoms with van der Waals surface area (Å²) in [5, 5.41) is 2.49. The SMILES string of the molecule is Cc1ccc(-n2c3ccc(-c4ccc(C(CC(C)(C)C)C(C)(C)C)cc4)cc3c3cc(-c4ccc(N(c5ccc(-c6ccccc6)cc5)c5ccc(-c6ccccc6)cc5)cc4)ccc32)cc1. The lowest BCUT2D eigenvalue weighted by atomic mass is 9.69. The van der Waals surface area contributed by atoms with Gasteiger partial charge >= 0.3 is 0 Å². The second-order valence-corrected chi connectivity index (χ2v) is 20.6. The van der Waals surface area contributed by atoms with Crippen LogP contribution in [0.25, 0.3) is 72.0 Å². The van der Waals surface area contributed by atoms with Gasteiger partial charge in [0.05, 0.1) is 11.0 Å². The van der Waals surface area contributed by atoms with Crippen molar-refractivity contribution in [1.29, 1.82) is 0 Å². The molecule has 2 heteroatoms. The predicted molar refractivity (Wildman–Crippen MR) is 288 cm³/mol. The Kier molecular flexibility index (Phi) is 11.5. The summed E-state index contributed by atoms with van der Waals surface area (Å²) in [5.41, 5.74) is 19.6. The average Bonchev–Trinajstić information content (AvgIpc) is 3.67. The topological polar surface area (TPSA) is 8.17 Å². The summed E-state index contributed by atoms with van der Waals surface area (Å²) in [6, 6.07) is 80.4. The Bertz CT molecular complexity index is 3190. The molecule has 1 aromatic heterocycles. The van der Waals surface area contributed by atoms with Crippen LogP contribution in [0.4, 0.5) is 17.1 Å². The molecule has 9 aromatic carbocycles. The summed E-state index contributed by atoms with van der Waals surface area (Å²) in [6.07, 6.45) is 1.15. The number of rotatable bonds is 10. The van der Waals surface area contributed by atoms with Gasteiger partial charge in [-0.1, -0.05) is 193 Å². The first kappa shape index (κ1) is 43.5. The zero-order valence-corrected chi connectivity index (χ0v) is 40.0. The molecule has 10 aromatic rings. The Morgan fingerprint density at radius 1 is 0.388 bits per heavy atom. The molecule has 0 amide bonds. The van der Waals surface area contributed by atoms with Crippen LogP contribution < -0.4 is 4.90 Å². The van der Waals surface area contributed by atoms with Gasteiger partial charge in [0.15, 0.2) is 0 Å². The number of nitrogens with zero attached hydrogens (tertiary/aromatic N) is 2. The highest BCUT2D eigenvalue weighted by molar-refractivity contribution is 6.11. The first-order valence-electron chi connectivity index (χ1n) is 23.8. The van der Waals surface area contributed by atoms with Crippen molar-refractivity contribution in [3.63, 3.8) is 0 Å². The molecule has 0 N–H and O–H groups in total. The van der Waals surface area contributed by atoms with Crippen molar-refractivity contribution in [1.82, 2.24) is 4.57 Å². The number of anilines is 3. The number of fused-ring (bicyclic) bond motifs is 3. The Hall–Kier alpha value is -7.42. The first-order chi connectivity index (χ1) is 32.4. The molecule has 0 aliphatic heterocycles. The van der Waals surface area contributed by atoms with E-state index in [2.05, 4.69) is 276 Å². The van der Waals surface area contributed by atoms with Gasteiger partial charge in [-0.05, 0) is 153 Å². The van der Waals surface area contributed by atoms with E-state index in [1.165, 1.54) is 83.1 Å². The van der Waals surface area contributed by atoms with Crippen LogP contribution in [-0.4, -0.2) is 4.57 Å². The van der Waals surface area contributed by atoms with E-state index in [-0.39, 0.29) is 10.8 Å². The third-order valence-corrected chi connectivity index (χ3v) is 13.5. The molecule has 0 bridgehead atoms. The smallest absolute Gasteiger partial charge is 0.0541 e. The largest absolute Gasteiger partial charge is 0.311 e. The molecule has 0 aliphatic rings. The summed E-state index contributed by atoms with van der Waals surface area (Å²) in [6.45, 7) is 16.4. The predicted octanol–water partition coefficient (Wildman–Crippen LogP) is 18.8. The normalized spacial score (nSPS) is 12.4. The average molecular weight is 869 g/mol. The standard InChI is InChI=1S/C65H60N2/c1-45-18-32-58(33-19-45)67-62-40-30-53(50-20-22-52(23-21-50)61(65(5,6)7)44-64(2,3)4)42-59(62)60-43-54(31-41-63(60)67)51-28-38-57(39-29-51)66(55-34-24-48(25-35-55)46-14-10-8-11-15-46)56-36-26-49(27-37-56)47-16-12-9-13-17-47/h8-43,61H,44H2,1-7H3. The van der Waals surface area contributed by atoms with Crippen LogP contribution in [0.3, 0.4) is 0 Å². The van der Waals surface area contributed by atoms with Crippen LogP contribution in [0, 0.1) is 17.8 Å². The number of benzene rings is 9. The van der Waals surface area contributed by atoms with Gasteiger partial charge in [0.2, 0.25) is 0 Å². The van der Waals surface area contributed by atoms with Gasteiger partial charge in [-0.25, -0.2) is 0 Å². The lowest BCUT2D eigenvalue weighted by Crippen LogP contribution is -2.23. The first-order valence-corrected chi connectivity index (χ1v) is 23.8. The molecule has 0 saturated carbocycles. The van der Waals surface area contributed by atoms with Crippen LogP contribution in [0.15, 0.2) is 218 Å². The zero-order chi connectivity index (χ0) is 46.3. The zero-order valence-electron chi connectivity index (χ0n) is 40.0. The maximum atomic E-state index is 2.42. The minimum absolute atomic E-state index is 0.174. The van der Waals surface area contributed by atoms with Crippen molar-refractivity contribution < 1.29 is 0 Å². The molecule has 1 unspecified atom stereocenters. The van der Waals surface area contributed by atoms with Crippen LogP contribution in [-0.2, 0) is 0 Å². The highest BCUT2D eigenvalue weighted by Crippen LogP contribution is 2.44. The molecule has 1 atom stereocenters. The van der Waals surface area contributed by atoms with Crippen molar-refractivity contribution in [3.05, 3.63) is 230 Å². The number of aryl methyl sites for hydroxylation is 1. The number of hydrogen-bond acceptors (Lipinski definition) is 1. The number of aromatic nitrogens is 1. The lowest BCUT2D eigenvalue weighted by Gasteiger charge is -2.36. The van der Waals surface area contributed by atoms with Crippen LogP contribution >= 0.6 is 0 Å². The molecule has 330 valence electrons. The minimum Gasteiger partial charge on any atom is -0.311 e. The molecule has 0 saturated heterocycles. The molecule has 0 spiro atoms. The number of hydrogen-bond donors (Lipinski definition) is 0. The molecule has 67 heavy (non-hydrogen) atoms. The van der Waals surface area contributed by atoms with E-state index in [0.29, 0.717) is 5.92 Å². The fourth-order valence-electron chi connectivity index (χ4n) is 9.92. The van der Waals surface area contributed by atoms with Gasteiger partial charge < -0.3 is 9.47 Å². The van der Waals surface area contributed by atoms with E-state index in [4.69, 9.17) is 0 Å². The third-order valence-electron chi connectivity index (χ3n) is 13.5. The van der Waals surface area contributed by atoms with Gasteiger partial charge in [-0.2, -0.15) is 0 Å². The molecule has 10 rings (SSSR count). The van der Waals surface area contributed by atoms with E-state index in [1.807, 2.05) is 0 Å². The van der Waals surface area contributed by atoms with Gasteiger partial charge in [0, 0.05) is 33.5 Å². The molecule has 0 radical (unpaired) electrons. The molecular formula is C65H60N2. The Labute approximate surface area is 397 Å². The highest BCUT2D eigenvalue weighted by Gasteiger charge is 2.30. The molecule has 0 aliphatic carbocycles. The maximum absolute atomic E-state index is 2.42. The fraction of sp³-hybridized carbons (Fsp3) is 0.169. The summed E-state index contributed by atoms with van der Waals surface area (Å²) >= 11 is 0. The van der Waals surface area contributed by atoms with E-state index >= 15 is 0 Å². The van der Waals surface area contributed by atoms with E-state index in [9.17, 15) is 0 Å². The Morgan fingerprint density at radius 3 is 1.13 bits per heavy atom. The summed E-state index contributed by atoms with van der Waals surface area (Å²) < 4.78 is 2.42. The second kappa shape index (κ2) is 17.8. The van der Waals surface area contributed by atoms with Crippen molar-refractivity contribution in [2.75, 3.05) is 4.90 Å². The van der Waals surface area contributed by atoms with Gasteiger partial charge in [-0.3, -0.25) is 0 Å². The molecular weight excluding hydrogens is 809 g/mol. The van der Waals surface area contributed by atoms with Gasteiger partial charge in [0.1, 0.15) is 0 Å². The monoisotopic (exact) mass is 868 g/mol. The quantitative estimate of drug-likeness (QED) is 0.133. The summed E-state index contributed by atoms with van der Waals surface area (Å²) in [4.78, 5) is 2.35. The third kappa shape index (κ3) is 9.10. The summed E-state index contributed by atoms with van der Waals surface area (Å²) in [5.74, 6) is 0.477. The van der Waals surface area contributed by atoms with Crippen LogP contribution in [0.2, 0.25) is 0 Å². The second-order valence-electron chi connectivity index (χ2n) is 20.6. The Morgan fingerprint density at radius 2 is 0.746 bits per heavy atom. The van der Waals surface area contributed by atoms with E-state index in [0.717, 1.165) is 23.5 Å². The molecule has 0 fully saturated rings. The fourth-order valence-corrected chi connectivity index (χ4v) is 9.92. The van der Waals surface area contributed by atoms with Crippen molar-refractivity contribution in [3.8, 4) is 50.2 Å². The van der Waals surface area contributed by atoms with E-state index < -0.39 is 0 Å². The minimum atomic E-state index is 0.174. The highest BCUT2D eigenvalue weighted by atomic mass is 15.1. The maximum Gasteiger partial charge on any atom is 0.0541 e. The van der Waals surface area contributed by atoms with Crippen molar-refractivity contribution in [2.45, 2.75) is 60.8 Å². The van der Waals surface area contributed by atoms with Crippen LogP contribution in [0.5, 0.6) is 0 Å². The van der Waals surface area contributed by atoms with Crippen molar-refractivity contribution in [2.24, 2.45) is 10.8 Å². The van der Waals surface area contributed by atoms with E-state index in [1.54, 1.807) is 0 Å². The summed E-state index contributed by atoms with van der Waals surface area (Å²) in [7, 11) is 0. The van der Waals surface area contributed by atoms with Crippen molar-refractivity contribution >= 4 is 38.9 Å². The van der Waals surface area contributed by atoms with Gasteiger partial charge in [-0.15, -0.1) is 0 Å².